The predicted octanol–water partition coefficient (Wildman–Crippen LogP) is -0.0724. The Morgan fingerprint density at radius 2 is 1.68 bits per heavy atom. The molecule has 0 spiro atoms. The highest BCUT2D eigenvalue weighted by molar-refractivity contribution is 7.92. The van der Waals surface area contributed by atoms with Crippen molar-refractivity contribution in [1.29, 1.82) is 0 Å². The molecule has 1 heterocycles. The molecule has 3 N–H and O–H groups in total. The van der Waals surface area contributed by atoms with Gasteiger partial charge in [0.2, 0.25) is 0 Å². The smallest absolute Gasteiger partial charge is 0.488 e. The van der Waals surface area contributed by atoms with Crippen LogP contribution < -0.4 is 19.8 Å². The summed E-state index contributed by atoms with van der Waals surface area (Å²) in [5, 5.41) is 18.3. The number of likely N-dealkylation sites (N-methyl/N-ethyl adjacent to an activating group) is 1. The minimum absolute atomic E-state index is 0.0360. The van der Waals surface area contributed by atoms with Crippen LogP contribution in [0.15, 0.2) is 47.4 Å². The van der Waals surface area contributed by atoms with Gasteiger partial charge in [0.1, 0.15) is 5.75 Å². The molecule has 1 aliphatic rings. The average molecular weight is 405 g/mol. The Morgan fingerprint density at radius 1 is 1.04 bits per heavy atom. The van der Waals surface area contributed by atoms with Gasteiger partial charge in [-0.05, 0) is 42.8 Å². The molecule has 1 saturated heterocycles. The summed E-state index contributed by atoms with van der Waals surface area (Å²) in [5.41, 5.74) is 1.50. The maximum atomic E-state index is 12.7. The van der Waals surface area contributed by atoms with E-state index in [-0.39, 0.29) is 10.4 Å². The largest absolute Gasteiger partial charge is 0.495 e. The lowest BCUT2D eigenvalue weighted by atomic mass is 9.81. The van der Waals surface area contributed by atoms with E-state index >= 15 is 0 Å². The van der Waals surface area contributed by atoms with E-state index in [9.17, 15) is 8.42 Å². The zero-order valence-corrected chi connectivity index (χ0v) is 16.7. The number of benzene rings is 2. The minimum atomic E-state index is -3.81. The average Bonchev–Trinajstić information content (AvgIpc) is 2.68. The van der Waals surface area contributed by atoms with Gasteiger partial charge in [-0.25, -0.2) is 8.42 Å². The Bertz CT molecular complexity index is 913. The molecular formula is C18H24BN3O5S. The van der Waals surface area contributed by atoms with E-state index in [1.807, 2.05) is 0 Å². The Kier molecular flexibility index (Phi) is 6.14. The number of piperazine rings is 1. The van der Waals surface area contributed by atoms with Crippen molar-refractivity contribution in [3.63, 3.8) is 0 Å². The van der Waals surface area contributed by atoms with Crippen molar-refractivity contribution in [1.82, 2.24) is 4.90 Å². The molecule has 28 heavy (non-hydrogen) atoms. The normalized spacial score (nSPS) is 15.4. The number of ether oxygens (including phenoxy) is 1. The second kappa shape index (κ2) is 8.40. The third kappa shape index (κ3) is 4.58. The van der Waals surface area contributed by atoms with Gasteiger partial charge >= 0.3 is 7.12 Å². The molecule has 0 bridgehead atoms. The molecule has 2 aromatic carbocycles. The molecule has 0 saturated carbocycles. The first-order chi connectivity index (χ1) is 13.3. The summed E-state index contributed by atoms with van der Waals surface area (Å²) < 4.78 is 33.4. The first kappa shape index (κ1) is 20.5. The van der Waals surface area contributed by atoms with Crippen LogP contribution in [-0.2, 0) is 10.0 Å². The highest BCUT2D eigenvalue weighted by Crippen LogP contribution is 2.32. The van der Waals surface area contributed by atoms with Crippen LogP contribution in [0.2, 0.25) is 0 Å². The fraction of sp³-hybridized carbons (Fsp3) is 0.333. The fourth-order valence-corrected chi connectivity index (χ4v) is 4.13. The van der Waals surface area contributed by atoms with E-state index in [2.05, 4.69) is 21.6 Å². The quantitative estimate of drug-likeness (QED) is 0.579. The van der Waals surface area contributed by atoms with E-state index in [1.54, 1.807) is 25.3 Å². The van der Waals surface area contributed by atoms with Crippen molar-refractivity contribution in [2.75, 3.05) is 50.0 Å². The minimum Gasteiger partial charge on any atom is -0.495 e. The third-order valence-electron chi connectivity index (χ3n) is 4.76. The molecule has 2 aromatic rings. The lowest BCUT2D eigenvalue weighted by molar-refractivity contribution is 0.311. The number of sulfonamides is 1. The monoisotopic (exact) mass is 405 g/mol. The van der Waals surface area contributed by atoms with Gasteiger partial charge in [-0.15, -0.1) is 0 Å². The van der Waals surface area contributed by atoms with Crippen LogP contribution in [-0.4, -0.2) is 70.8 Å². The summed E-state index contributed by atoms with van der Waals surface area (Å²) in [6, 6.07) is 10.6. The summed E-state index contributed by atoms with van der Waals surface area (Å²) >= 11 is 0. The molecule has 0 aromatic heterocycles. The molecule has 10 heteroatoms. The summed E-state index contributed by atoms with van der Waals surface area (Å²) in [7, 11) is -1.79. The maximum absolute atomic E-state index is 12.7. The topological polar surface area (TPSA) is 102 Å². The molecule has 8 nitrogen and oxygen atoms in total. The second-order valence-electron chi connectivity index (χ2n) is 6.73. The number of anilines is 2. The molecule has 1 fully saturated rings. The molecule has 0 aliphatic carbocycles. The highest BCUT2D eigenvalue weighted by Gasteiger charge is 2.20. The van der Waals surface area contributed by atoms with Crippen molar-refractivity contribution in [3.05, 3.63) is 42.5 Å². The number of hydrogen-bond acceptors (Lipinski definition) is 7. The standard InChI is InChI=1S/C18H24BN3O5S/c1-21-9-11-22(12-10-21)17-13-15(5-8-18(17)27-2)20-28(25,26)16-6-3-14(4-7-16)19(23)24/h3-8,13,20,23-24H,9-12H2,1-2H3. The molecule has 0 atom stereocenters. The van der Waals surface area contributed by atoms with Gasteiger partial charge in [-0.1, -0.05) is 12.1 Å². The summed E-state index contributed by atoms with van der Waals surface area (Å²) in [6.07, 6.45) is 0. The predicted molar refractivity (Wildman–Crippen MR) is 110 cm³/mol. The Balaban J connectivity index is 1.84. The SMILES string of the molecule is COc1ccc(NS(=O)(=O)c2ccc(B(O)O)cc2)cc1N1CCN(C)CC1. The summed E-state index contributed by atoms with van der Waals surface area (Å²) in [6.45, 7) is 3.49. The molecule has 0 amide bonds. The molecular weight excluding hydrogens is 381 g/mol. The van der Waals surface area contributed by atoms with Crippen molar-refractivity contribution in [2.45, 2.75) is 4.90 Å². The van der Waals surface area contributed by atoms with Crippen LogP contribution in [0.25, 0.3) is 0 Å². The number of hydrogen-bond donors (Lipinski definition) is 3. The molecule has 0 radical (unpaired) electrons. The van der Waals surface area contributed by atoms with Crippen LogP contribution in [0.3, 0.4) is 0 Å². The molecule has 150 valence electrons. The van der Waals surface area contributed by atoms with Crippen LogP contribution in [0, 0.1) is 0 Å². The zero-order chi connectivity index (χ0) is 20.3. The zero-order valence-electron chi connectivity index (χ0n) is 15.9. The van der Waals surface area contributed by atoms with Crippen LogP contribution in [0.1, 0.15) is 0 Å². The van der Waals surface area contributed by atoms with Gasteiger partial charge in [0.25, 0.3) is 10.0 Å². The van der Waals surface area contributed by atoms with Crippen molar-refractivity contribution < 1.29 is 23.2 Å². The van der Waals surface area contributed by atoms with Gasteiger partial charge in [0.15, 0.2) is 0 Å². The lowest BCUT2D eigenvalue weighted by Crippen LogP contribution is -2.44. The Hall–Kier alpha value is -2.27. The van der Waals surface area contributed by atoms with Crippen molar-refractivity contribution in [3.8, 4) is 5.75 Å². The third-order valence-corrected chi connectivity index (χ3v) is 6.16. The van der Waals surface area contributed by atoms with Crippen molar-refractivity contribution in [2.24, 2.45) is 0 Å². The van der Waals surface area contributed by atoms with Crippen LogP contribution >= 0.6 is 0 Å². The van der Waals surface area contributed by atoms with E-state index in [0.29, 0.717) is 11.4 Å². The second-order valence-corrected chi connectivity index (χ2v) is 8.41. The summed E-state index contributed by atoms with van der Waals surface area (Å²) in [5.74, 6) is 0.689. The van der Waals surface area contributed by atoms with Crippen molar-refractivity contribution >= 4 is 34.0 Å². The van der Waals surface area contributed by atoms with Crippen LogP contribution in [0.4, 0.5) is 11.4 Å². The lowest BCUT2D eigenvalue weighted by Gasteiger charge is -2.35. The number of methoxy groups -OCH3 is 1. The number of rotatable bonds is 6. The van der Waals surface area contributed by atoms with Gasteiger partial charge in [0.05, 0.1) is 23.4 Å². The van der Waals surface area contributed by atoms with E-state index in [0.717, 1.165) is 31.9 Å². The number of nitrogens with zero attached hydrogens (tertiary/aromatic N) is 2. The first-order valence-corrected chi connectivity index (χ1v) is 10.4. The fourth-order valence-electron chi connectivity index (χ4n) is 3.08. The number of nitrogens with one attached hydrogen (secondary N) is 1. The first-order valence-electron chi connectivity index (χ1n) is 8.90. The molecule has 1 aliphatic heterocycles. The van der Waals surface area contributed by atoms with E-state index < -0.39 is 17.1 Å². The molecule has 0 unspecified atom stereocenters. The van der Waals surface area contributed by atoms with E-state index in [4.69, 9.17) is 14.8 Å². The Labute approximate surface area is 165 Å². The Morgan fingerprint density at radius 3 is 2.25 bits per heavy atom. The highest BCUT2D eigenvalue weighted by atomic mass is 32.2. The van der Waals surface area contributed by atoms with Gasteiger partial charge < -0.3 is 24.6 Å². The van der Waals surface area contributed by atoms with Gasteiger partial charge in [-0.2, -0.15) is 0 Å². The van der Waals surface area contributed by atoms with Gasteiger partial charge in [-0.3, -0.25) is 4.72 Å². The van der Waals surface area contributed by atoms with Gasteiger partial charge in [0, 0.05) is 26.2 Å². The van der Waals surface area contributed by atoms with E-state index in [1.165, 1.54) is 24.3 Å². The van der Waals surface area contributed by atoms with Crippen LogP contribution in [0.5, 0.6) is 5.75 Å². The maximum Gasteiger partial charge on any atom is 0.488 e. The summed E-state index contributed by atoms with van der Waals surface area (Å²) in [4.78, 5) is 4.45. The molecule has 3 rings (SSSR count).